The largest absolute Gasteiger partial charge is 0.472 e. The maximum atomic E-state index is 12.7. The van der Waals surface area contributed by atoms with E-state index in [1.807, 2.05) is 27.2 Å². The van der Waals surface area contributed by atoms with E-state index in [9.17, 15) is 19.4 Å². The van der Waals surface area contributed by atoms with Crippen molar-refractivity contribution >= 4 is 13.7 Å². The van der Waals surface area contributed by atoms with Crippen LogP contribution in [0.1, 0.15) is 97.3 Å². The molecule has 3 unspecified atom stereocenters. The molecule has 0 aliphatic heterocycles. The standard InChI is InChI=1S/C36H63N2O6P/c1-6-8-10-12-14-16-17-18-19-20-21-22-24-26-28-30-36(40)37-34(33-44-45(41,42)43-32-31-38(3,4)5)35(39)29-27-25-23-15-13-11-9-7-2/h8,10,13-16,18-19,21-22,27,29,34-35,39H,6-7,9,11-12,17,20,23-26,28,30-33H2,1-5H3,(H-,37,40,41,42)/p+1/b10-8-,15-13+,16-14-,19-18-,22-21-,29-27+. The number of quaternary nitrogens is 1. The second-order valence-corrected chi connectivity index (χ2v) is 13.6. The Hall–Kier alpha value is -2.06. The van der Waals surface area contributed by atoms with Crippen LogP contribution >= 0.6 is 7.82 Å². The van der Waals surface area contributed by atoms with Gasteiger partial charge in [-0.1, -0.05) is 99.6 Å². The van der Waals surface area contributed by atoms with Crippen molar-refractivity contribution in [3.63, 3.8) is 0 Å². The minimum Gasteiger partial charge on any atom is -0.387 e. The minimum absolute atomic E-state index is 0.0435. The van der Waals surface area contributed by atoms with E-state index >= 15 is 0 Å². The van der Waals surface area contributed by atoms with Crippen LogP contribution in [-0.2, 0) is 18.4 Å². The molecule has 8 nitrogen and oxygen atoms in total. The molecule has 0 aliphatic carbocycles. The van der Waals surface area contributed by atoms with Gasteiger partial charge in [-0.05, 0) is 64.2 Å². The highest BCUT2D eigenvalue weighted by Crippen LogP contribution is 2.43. The van der Waals surface area contributed by atoms with Crippen LogP contribution in [0.15, 0.2) is 72.9 Å². The van der Waals surface area contributed by atoms with Gasteiger partial charge in [0.25, 0.3) is 0 Å². The number of hydrogen-bond acceptors (Lipinski definition) is 5. The summed E-state index contributed by atoms with van der Waals surface area (Å²) in [6.07, 6.45) is 35.6. The van der Waals surface area contributed by atoms with E-state index in [1.54, 1.807) is 6.08 Å². The zero-order valence-electron chi connectivity index (χ0n) is 28.8. The van der Waals surface area contributed by atoms with Gasteiger partial charge >= 0.3 is 7.82 Å². The summed E-state index contributed by atoms with van der Waals surface area (Å²) in [4.78, 5) is 22.8. The number of allylic oxidation sites excluding steroid dienone is 11. The number of carbonyl (C=O) groups is 1. The summed E-state index contributed by atoms with van der Waals surface area (Å²) in [6, 6.07) is -0.884. The summed E-state index contributed by atoms with van der Waals surface area (Å²) in [5.41, 5.74) is 0. The van der Waals surface area contributed by atoms with Gasteiger partial charge in [0.1, 0.15) is 13.2 Å². The number of unbranched alkanes of at least 4 members (excludes halogenated alkanes) is 5. The summed E-state index contributed by atoms with van der Waals surface area (Å²) in [5, 5.41) is 13.6. The fourth-order valence-electron chi connectivity index (χ4n) is 3.91. The fourth-order valence-corrected chi connectivity index (χ4v) is 4.65. The fraction of sp³-hybridized carbons (Fsp3) is 0.639. The number of aliphatic hydroxyl groups is 1. The third kappa shape index (κ3) is 30.4. The predicted molar refractivity (Wildman–Crippen MR) is 189 cm³/mol. The number of likely N-dealkylation sites (N-methyl/N-ethyl adjacent to an activating group) is 1. The van der Waals surface area contributed by atoms with Crippen molar-refractivity contribution in [1.82, 2.24) is 5.32 Å². The van der Waals surface area contributed by atoms with Crippen molar-refractivity contribution in [1.29, 1.82) is 0 Å². The molecule has 0 saturated carbocycles. The second-order valence-electron chi connectivity index (χ2n) is 12.1. The first kappa shape index (κ1) is 42.9. The number of carbonyl (C=O) groups excluding carboxylic acids is 1. The van der Waals surface area contributed by atoms with Crippen LogP contribution in [0.5, 0.6) is 0 Å². The average Bonchev–Trinajstić information content (AvgIpc) is 2.97. The molecule has 0 saturated heterocycles. The lowest BCUT2D eigenvalue weighted by Crippen LogP contribution is -2.45. The Morgan fingerprint density at radius 3 is 1.96 bits per heavy atom. The molecule has 1 amide bonds. The van der Waals surface area contributed by atoms with Gasteiger partial charge < -0.3 is 19.8 Å². The Bertz CT molecular complexity index is 965. The van der Waals surface area contributed by atoms with Gasteiger partial charge in [0.15, 0.2) is 0 Å². The van der Waals surface area contributed by atoms with Crippen LogP contribution in [0.4, 0.5) is 0 Å². The average molecular weight is 652 g/mol. The summed E-state index contributed by atoms with van der Waals surface area (Å²) in [5.74, 6) is -0.237. The minimum atomic E-state index is -4.34. The highest BCUT2D eigenvalue weighted by Gasteiger charge is 2.27. The summed E-state index contributed by atoms with van der Waals surface area (Å²) in [6.45, 7) is 4.51. The van der Waals surface area contributed by atoms with E-state index in [1.165, 1.54) is 12.8 Å². The molecule has 0 aromatic carbocycles. The molecule has 258 valence electrons. The molecular formula is C36H64N2O6P+. The SMILES string of the molecule is CC/C=C\C/C=C\C/C=C\C/C=C\CCCCC(=O)NC(COP(=O)(O)OCC[N+](C)(C)C)C(O)/C=C/CC/C=C/CCCC. The topological polar surface area (TPSA) is 105 Å². The number of hydrogen-bond donors (Lipinski definition) is 3. The van der Waals surface area contributed by atoms with Crippen molar-refractivity contribution in [3.8, 4) is 0 Å². The number of nitrogens with one attached hydrogen (secondary N) is 1. The molecule has 0 heterocycles. The molecule has 0 fully saturated rings. The van der Waals surface area contributed by atoms with Crippen molar-refractivity contribution in [2.24, 2.45) is 0 Å². The molecule has 0 spiro atoms. The predicted octanol–water partition coefficient (Wildman–Crippen LogP) is 8.12. The highest BCUT2D eigenvalue weighted by molar-refractivity contribution is 7.47. The molecule has 0 aromatic heterocycles. The van der Waals surface area contributed by atoms with E-state index in [-0.39, 0.29) is 19.1 Å². The lowest BCUT2D eigenvalue weighted by Gasteiger charge is -2.25. The zero-order valence-corrected chi connectivity index (χ0v) is 29.7. The lowest BCUT2D eigenvalue weighted by molar-refractivity contribution is -0.870. The number of aliphatic hydroxyl groups excluding tert-OH is 1. The zero-order chi connectivity index (χ0) is 33.7. The maximum absolute atomic E-state index is 12.7. The van der Waals surface area contributed by atoms with Crippen LogP contribution in [-0.4, -0.2) is 73.4 Å². The van der Waals surface area contributed by atoms with Crippen molar-refractivity contribution < 1.29 is 32.9 Å². The summed E-state index contributed by atoms with van der Waals surface area (Å²) in [7, 11) is 1.50. The molecule has 0 aliphatic rings. The van der Waals surface area contributed by atoms with E-state index in [2.05, 4.69) is 79.9 Å². The number of phosphoric acid groups is 1. The number of amides is 1. The molecule has 45 heavy (non-hydrogen) atoms. The van der Waals surface area contributed by atoms with Crippen molar-refractivity contribution in [2.45, 2.75) is 109 Å². The van der Waals surface area contributed by atoms with Crippen LogP contribution < -0.4 is 5.32 Å². The Morgan fingerprint density at radius 2 is 1.33 bits per heavy atom. The highest BCUT2D eigenvalue weighted by atomic mass is 31.2. The van der Waals surface area contributed by atoms with E-state index < -0.39 is 20.0 Å². The van der Waals surface area contributed by atoms with Crippen molar-refractivity contribution in [2.75, 3.05) is 40.9 Å². The van der Waals surface area contributed by atoms with Gasteiger partial charge in [-0.15, -0.1) is 0 Å². The molecule has 0 rings (SSSR count). The monoisotopic (exact) mass is 651 g/mol. The Labute approximate surface area is 274 Å². The lowest BCUT2D eigenvalue weighted by atomic mass is 10.1. The quantitative estimate of drug-likeness (QED) is 0.0342. The molecule has 0 bridgehead atoms. The van der Waals surface area contributed by atoms with E-state index in [4.69, 9.17) is 9.05 Å². The normalized spacial score (nSPS) is 15.8. The van der Waals surface area contributed by atoms with Gasteiger partial charge in [-0.3, -0.25) is 13.8 Å². The van der Waals surface area contributed by atoms with Gasteiger partial charge in [0, 0.05) is 6.42 Å². The molecule has 9 heteroatoms. The first-order valence-corrected chi connectivity index (χ1v) is 18.3. The number of phosphoric ester groups is 1. The Balaban J connectivity index is 4.69. The van der Waals surface area contributed by atoms with Gasteiger partial charge in [-0.2, -0.15) is 0 Å². The Kier molecular flexibility index (Phi) is 26.9. The first-order chi connectivity index (χ1) is 21.5. The number of rotatable bonds is 28. The van der Waals surface area contributed by atoms with E-state index in [0.717, 1.165) is 57.8 Å². The van der Waals surface area contributed by atoms with Crippen LogP contribution in [0.3, 0.4) is 0 Å². The third-order valence-corrected chi connectivity index (χ3v) is 7.64. The molecular weight excluding hydrogens is 587 g/mol. The molecule has 0 radical (unpaired) electrons. The van der Waals surface area contributed by atoms with Crippen molar-refractivity contribution in [3.05, 3.63) is 72.9 Å². The second kappa shape index (κ2) is 28.2. The van der Waals surface area contributed by atoms with Gasteiger partial charge in [-0.25, -0.2) is 4.57 Å². The smallest absolute Gasteiger partial charge is 0.387 e. The van der Waals surface area contributed by atoms with Crippen LogP contribution in [0.25, 0.3) is 0 Å². The first-order valence-electron chi connectivity index (χ1n) is 16.8. The van der Waals surface area contributed by atoms with Crippen LogP contribution in [0.2, 0.25) is 0 Å². The van der Waals surface area contributed by atoms with E-state index in [0.29, 0.717) is 23.9 Å². The Morgan fingerprint density at radius 1 is 0.778 bits per heavy atom. The molecule has 0 aromatic rings. The molecule has 3 atom stereocenters. The maximum Gasteiger partial charge on any atom is 0.472 e. The molecule has 3 N–H and O–H groups in total. The van der Waals surface area contributed by atoms with Gasteiger partial charge in [0.05, 0.1) is 39.9 Å². The number of nitrogens with zero attached hydrogens (tertiary/aromatic N) is 1. The van der Waals surface area contributed by atoms with Gasteiger partial charge in [0.2, 0.25) is 5.91 Å². The summed E-state index contributed by atoms with van der Waals surface area (Å²) >= 11 is 0. The van der Waals surface area contributed by atoms with Crippen LogP contribution in [0, 0.1) is 0 Å². The summed E-state index contributed by atoms with van der Waals surface area (Å²) < 4.78 is 23.3. The third-order valence-electron chi connectivity index (χ3n) is 6.66.